The van der Waals surface area contributed by atoms with Crippen LogP contribution in [-0.2, 0) is 0 Å². The van der Waals surface area contributed by atoms with Crippen LogP contribution in [0.1, 0.15) is 39.0 Å². The van der Waals surface area contributed by atoms with Gasteiger partial charge in [-0.3, -0.25) is 0 Å². The first-order chi connectivity index (χ1) is 4.93. The molecule has 0 saturated carbocycles. The molecule has 0 spiro atoms. The lowest BCUT2D eigenvalue weighted by molar-refractivity contribution is 0.713. The van der Waals surface area contributed by atoms with Gasteiger partial charge in [-0.2, -0.15) is 0 Å². The number of hydrogen-bond donors (Lipinski definition) is 0. The molecule has 1 aliphatic carbocycles. The average Bonchev–Trinajstić information content (AvgIpc) is 2.17. The summed E-state index contributed by atoms with van der Waals surface area (Å²) in [6.07, 6.45) is 13.5. The molecule has 0 N–H and O–H groups in total. The second kappa shape index (κ2) is 4.32. The molecular weight excluding hydrogens is 120 g/mol. The molecule has 0 aliphatic heterocycles. The Kier molecular flexibility index (Phi) is 3.28. The van der Waals surface area contributed by atoms with Gasteiger partial charge < -0.3 is 0 Å². The van der Waals surface area contributed by atoms with Crippen LogP contribution >= 0.6 is 0 Å². The van der Waals surface area contributed by atoms with Crippen molar-refractivity contribution in [3.05, 3.63) is 23.8 Å². The first-order valence-electron chi connectivity index (χ1n) is 4.25. The van der Waals surface area contributed by atoms with Crippen LogP contribution in [-0.4, -0.2) is 0 Å². The smallest absolute Gasteiger partial charge is 0.0282 e. The van der Waals surface area contributed by atoms with Gasteiger partial charge in [0.05, 0.1) is 0 Å². The van der Waals surface area contributed by atoms with Gasteiger partial charge in [-0.25, -0.2) is 0 Å². The van der Waals surface area contributed by atoms with Crippen molar-refractivity contribution >= 4 is 0 Å². The first kappa shape index (κ1) is 7.59. The van der Waals surface area contributed by atoms with Crippen LogP contribution in [0, 0.1) is 0 Å². The van der Waals surface area contributed by atoms with Crippen molar-refractivity contribution in [2.45, 2.75) is 39.0 Å². The van der Waals surface area contributed by atoms with Crippen LogP contribution in [0.4, 0.5) is 0 Å². The van der Waals surface area contributed by atoms with E-state index in [1.165, 1.54) is 32.1 Å². The van der Waals surface area contributed by atoms with E-state index in [4.69, 9.17) is 0 Å². The lowest BCUT2D eigenvalue weighted by Gasteiger charge is -1.94. The van der Waals surface area contributed by atoms with Crippen molar-refractivity contribution in [1.29, 1.82) is 0 Å². The Balaban J connectivity index is 2.46. The lowest BCUT2D eigenvalue weighted by Crippen LogP contribution is -1.74. The van der Waals surface area contributed by atoms with Crippen LogP contribution in [0.3, 0.4) is 0 Å². The number of hydrogen-bond acceptors (Lipinski definition) is 0. The third-order valence-corrected chi connectivity index (χ3v) is 1.96. The van der Waals surface area contributed by atoms with E-state index >= 15 is 0 Å². The minimum atomic E-state index is 1.29. The van der Waals surface area contributed by atoms with E-state index in [1.54, 1.807) is 5.57 Å². The maximum atomic E-state index is 2.38. The third kappa shape index (κ3) is 2.38. The molecule has 0 radical (unpaired) electrons. The zero-order chi connectivity index (χ0) is 7.23. The summed E-state index contributed by atoms with van der Waals surface area (Å²) in [4.78, 5) is 0. The van der Waals surface area contributed by atoms with Crippen LogP contribution < -0.4 is 0 Å². The molecule has 0 fully saturated rings. The summed E-state index contributed by atoms with van der Waals surface area (Å²) in [7, 11) is 0. The maximum absolute atomic E-state index is 2.38. The number of rotatable bonds is 1. The summed E-state index contributed by atoms with van der Waals surface area (Å²) < 4.78 is 0. The largest absolute Gasteiger partial charge is 0.0874 e. The zero-order valence-corrected chi connectivity index (χ0v) is 6.77. The Labute approximate surface area is 63.6 Å². The Bertz CT molecular complexity index is 140. The van der Waals surface area contributed by atoms with E-state index in [0.717, 1.165) is 0 Å². The summed E-state index contributed by atoms with van der Waals surface area (Å²) in [6, 6.07) is 0. The van der Waals surface area contributed by atoms with E-state index in [2.05, 4.69) is 25.2 Å². The summed E-state index contributed by atoms with van der Waals surface area (Å²) in [5.41, 5.74) is 1.54. The molecule has 1 aliphatic rings. The maximum Gasteiger partial charge on any atom is -0.0282 e. The van der Waals surface area contributed by atoms with Crippen LogP contribution in [0.5, 0.6) is 0 Å². The van der Waals surface area contributed by atoms with Crippen molar-refractivity contribution in [3.63, 3.8) is 0 Å². The standard InChI is InChI=1S/C10H16/c1-2-7-10-8-5-3-4-6-9-10/h2,7-8H,3-6,9H2,1H3/b7-2-. The SMILES string of the molecule is C/C=C\C1=CCCCCC1. The molecule has 0 bridgehead atoms. The van der Waals surface area contributed by atoms with Gasteiger partial charge in [0.1, 0.15) is 0 Å². The van der Waals surface area contributed by atoms with Crippen molar-refractivity contribution < 1.29 is 0 Å². The summed E-state index contributed by atoms with van der Waals surface area (Å²) in [6.45, 7) is 2.09. The molecule has 0 unspecified atom stereocenters. The normalized spacial score (nSPS) is 20.7. The molecule has 1 rings (SSSR count). The van der Waals surface area contributed by atoms with E-state index < -0.39 is 0 Å². The highest BCUT2D eigenvalue weighted by molar-refractivity contribution is 5.18. The third-order valence-electron chi connectivity index (χ3n) is 1.96. The molecule has 10 heavy (non-hydrogen) atoms. The predicted octanol–water partition coefficient (Wildman–Crippen LogP) is 3.45. The topological polar surface area (TPSA) is 0 Å². The Morgan fingerprint density at radius 2 is 2.20 bits per heavy atom. The molecule has 0 saturated heterocycles. The van der Waals surface area contributed by atoms with E-state index in [0.29, 0.717) is 0 Å². The van der Waals surface area contributed by atoms with Gasteiger partial charge in [0, 0.05) is 0 Å². The molecule has 0 aromatic carbocycles. The van der Waals surface area contributed by atoms with E-state index in [1.807, 2.05) is 0 Å². The quantitative estimate of drug-likeness (QED) is 0.518. The van der Waals surface area contributed by atoms with Gasteiger partial charge >= 0.3 is 0 Å². The molecule has 0 aromatic rings. The Morgan fingerprint density at radius 1 is 1.30 bits per heavy atom. The van der Waals surface area contributed by atoms with Gasteiger partial charge in [-0.05, 0) is 32.6 Å². The van der Waals surface area contributed by atoms with Crippen molar-refractivity contribution in [2.24, 2.45) is 0 Å². The van der Waals surface area contributed by atoms with Gasteiger partial charge in [0.2, 0.25) is 0 Å². The van der Waals surface area contributed by atoms with Gasteiger partial charge in [0.15, 0.2) is 0 Å². The minimum absolute atomic E-state index is 1.29. The lowest BCUT2D eigenvalue weighted by atomic mass is 10.1. The van der Waals surface area contributed by atoms with Crippen molar-refractivity contribution in [2.75, 3.05) is 0 Å². The highest BCUT2D eigenvalue weighted by Crippen LogP contribution is 2.17. The predicted molar refractivity (Wildman–Crippen MR) is 46.0 cm³/mol. The summed E-state index contributed by atoms with van der Waals surface area (Å²) in [5, 5.41) is 0. The molecule has 0 atom stereocenters. The highest BCUT2D eigenvalue weighted by atomic mass is 14.0. The molecule has 0 aromatic heterocycles. The molecule has 0 heteroatoms. The fourth-order valence-corrected chi connectivity index (χ4v) is 1.41. The fourth-order valence-electron chi connectivity index (χ4n) is 1.41. The highest BCUT2D eigenvalue weighted by Gasteiger charge is 1.97. The van der Waals surface area contributed by atoms with Crippen molar-refractivity contribution in [1.82, 2.24) is 0 Å². The van der Waals surface area contributed by atoms with Gasteiger partial charge in [-0.15, -0.1) is 0 Å². The molecular formula is C10H16. The Hall–Kier alpha value is -0.520. The molecule has 0 amide bonds. The van der Waals surface area contributed by atoms with Crippen LogP contribution in [0.15, 0.2) is 23.8 Å². The van der Waals surface area contributed by atoms with E-state index in [9.17, 15) is 0 Å². The van der Waals surface area contributed by atoms with Crippen molar-refractivity contribution in [3.8, 4) is 0 Å². The average molecular weight is 136 g/mol. The fraction of sp³-hybridized carbons (Fsp3) is 0.600. The molecule has 56 valence electrons. The molecule has 0 heterocycles. The van der Waals surface area contributed by atoms with Gasteiger partial charge in [0.25, 0.3) is 0 Å². The summed E-state index contributed by atoms with van der Waals surface area (Å²) >= 11 is 0. The Morgan fingerprint density at radius 3 is 3.00 bits per heavy atom. The zero-order valence-electron chi connectivity index (χ0n) is 6.77. The second-order valence-corrected chi connectivity index (χ2v) is 2.88. The minimum Gasteiger partial charge on any atom is -0.0874 e. The molecule has 0 nitrogen and oxygen atoms in total. The first-order valence-corrected chi connectivity index (χ1v) is 4.25. The van der Waals surface area contributed by atoms with Crippen LogP contribution in [0.2, 0.25) is 0 Å². The van der Waals surface area contributed by atoms with Crippen LogP contribution in [0.25, 0.3) is 0 Å². The second-order valence-electron chi connectivity index (χ2n) is 2.88. The summed E-state index contributed by atoms with van der Waals surface area (Å²) in [5.74, 6) is 0. The monoisotopic (exact) mass is 136 g/mol. The van der Waals surface area contributed by atoms with Gasteiger partial charge in [-0.1, -0.05) is 30.2 Å². The van der Waals surface area contributed by atoms with E-state index in [-0.39, 0.29) is 0 Å². The number of allylic oxidation sites excluding steroid dienone is 4.